The fourth-order valence-corrected chi connectivity index (χ4v) is 4.69. The minimum absolute atomic E-state index is 0.0535. The third-order valence-corrected chi connectivity index (χ3v) is 5.34. The zero-order chi connectivity index (χ0) is 18.1. The van der Waals surface area contributed by atoms with Crippen LogP contribution in [0.1, 0.15) is 6.92 Å². The molecule has 2 heterocycles. The van der Waals surface area contributed by atoms with Gasteiger partial charge in [0.2, 0.25) is 0 Å². The number of aliphatic hydroxyl groups is 1. The lowest BCUT2D eigenvalue weighted by Crippen LogP contribution is -2.64. The number of hydrazine groups is 1. The second kappa shape index (κ2) is 6.36. The van der Waals surface area contributed by atoms with E-state index in [1.807, 2.05) is 0 Å². The third-order valence-electron chi connectivity index (χ3n) is 4.09. The van der Waals surface area contributed by atoms with Gasteiger partial charge in [0.25, 0.3) is 0 Å². The molecular formula is C14H19N3O6S. The number of hydrogen-bond donors (Lipinski definition) is 3. The largest absolute Gasteiger partial charge is 0.468 e. The number of amides is 2. The van der Waals surface area contributed by atoms with Crippen LogP contribution in [-0.4, -0.2) is 59.0 Å². The van der Waals surface area contributed by atoms with Crippen molar-refractivity contribution < 1.29 is 29.0 Å². The highest BCUT2D eigenvalue weighted by Gasteiger charge is 2.72. The predicted molar refractivity (Wildman–Crippen MR) is 85.1 cm³/mol. The summed E-state index contributed by atoms with van der Waals surface area (Å²) in [6.45, 7) is 4.87. The van der Waals surface area contributed by atoms with Gasteiger partial charge in [-0.1, -0.05) is 12.7 Å². The van der Waals surface area contributed by atoms with Gasteiger partial charge in [0, 0.05) is 17.2 Å². The molecule has 10 heteroatoms. The number of allylic oxidation sites excluding steroid dienone is 1. The van der Waals surface area contributed by atoms with Gasteiger partial charge in [0.05, 0.1) is 12.7 Å². The summed E-state index contributed by atoms with van der Waals surface area (Å²) in [5.41, 5.74) is 3.91. The summed E-state index contributed by atoms with van der Waals surface area (Å²) < 4.78 is 9.90. The van der Waals surface area contributed by atoms with Gasteiger partial charge < -0.3 is 20.3 Å². The Bertz CT molecular complexity index is 636. The monoisotopic (exact) mass is 357 g/mol. The summed E-state index contributed by atoms with van der Waals surface area (Å²) in [5.74, 6) is -1.46. The molecule has 0 bridgehead atoms. The van der Waals surface area contributed by atoms with E-state index in [-0.39, 0.29) is 29.4 Å². The van der Waals surface area contributed by atoms with E-state index >= 15 is 0 Å². The standard InChI is InChI=1S/C14H19N3O6S/c1-4-5-23-10(18)9-8(2)17(16-12(15)20)14(21)7-24-6-13(9,14)11(19)22-3/h4,21H,1,5-7H2,2-3H3,(H3,15,16,20). The van der Waals surface area contributed by atoms with Gasteiger partial charge in [-0.05, 0) is 6.92 Å². The van der Waals surface area contributed by atoms with Crippen molar-refractivity contribution >= 4 is 29.7 Å². The number of methoxy groups -OCH3 is 1. The molecule has 4 N–H and O–H groups in total. The first-order valence-corrected chi connectivity index (χ1v) is 8.16. The second-order valence-electron chi connectivity index (χ2n) is 5.37. The first-order valence-electron chi connectivity index (χ1n) is 7.00. The molecular weight excluding hydrogens is 338 g/mol. The zero-order valence-electron chi connectivity index (χ0n) is 13.3. The van der Waals surface area contributed by atoms with Gasteiger partial charge in [0.15, 0.2) is 11.1 Å². The fraction of sp³-hybridized carbons (Fsp3) is 0.500. The van der Waals surface area contributed by atoms with Gasteiger partial charge in [-0.2, -0.15) is 11.8 Å². The number of carbonyl (C=O) groups is 3. The number of nitrogens with zero attached hydrogens (tertiary/aromatic N) is 1. The van der Waals surface area contributed by atoms with Crippen molar-refractivity contribution in [2.45, 2.75) is 12.6 Å². The minimum atomic E-state index is -1.90. The van der Waals surface area contributed by atoms with E-state index in [1.165, 1.54) is 24.8 Å². The molecule has 0 aromatic rings. The van der Waals surface area contributed by atoms with E-state index < -0.39 is 29.1 Å². The topological polar surface area (TPSA) is 131 Å². The van der Waals surface area contributed by atoms with Crippen molar-refractivity contribution in [3.05, 3.63) is 23.9 Å². The molecule has 2 aliphatic rings. The van der Waals surface area contributed by atoms with Crippen LogP contribution < -0.4 is 11.2 Å². The molecule has 0 aliphatic carbocycles. The molecule has 1 saturated heterocycles. The SMILES string of the molecule is C=CCOC(=O)C1=C(C)N(NC(N)=O)C2(O)CSCC12C(=O)OC. The summed E-state index contributed by atoms with van der Waals surface area (Å²) >= 11 is 1.24. The highest BCUT2D eigenvalue weighted by Crippen LogP contribution is 2.57. The molecule has 2 aliphatic heterocycles. The van der Waals surface area contributed by atoms with E-state index in [2.05, 4.69) is 12.0 Å². The Morgan fingerprint density at radius 1 is 1.50 bits per heavy atom. The van der Waals surface area contributed by atoms with Crippen molar-refractivity contribution in [2.75, 3.05) is 25.2 Å². The first kappa shape index (κ1) is 18.1. The summed E-state index contributed by atoms with van der Waals surface area (Å²) in [7, 11) is 1.16. The summed E-state index contributed by atoms with van der Waals surface area (Å²) in [6.07, 6.45) is 1.38. The van der Waals surface area contributed by atoms with E-state index in [1.54, 1.807) is 0 Å². The average molecular weight is 357 g/mol. The first-order chi connectivity index (χ1) is 11.3. The van der Waals surface area contributed by atoms with Crippen molar-refractivity contribution in [3.63, 3.8) is 0 Å². The average Bonchev–Trinajstić information content (AvgIpc) is 2.95. The molecule has 2 rings (SSSR count). The number of primary amides is 1. The lowest BCUT2D eigenvalue weighted by Gasteiger charge is -2.40. The predicted octanol–water partition coefficient (Wildman–Crippen LogP) is -0.517. The molecule has 0 radical (unpaired) electrons. The Kier molecular flexibility index (Phi) is 4.81. The number of hydrogen-bond acceptors (Lipinski definition) is 8. The molecule has 2 atom stereocenters. The van der Waals surface area contributed by atoms with Crippen molar-refractivity contribution in [1.82, 2.24) is 10.4 Å². The number of urea groups is 1. The van der Waals surface area contributed by atoms with E-state index in [0.717, 1.165) is 12.1 Å². The molecule has 1 fully saturated rings. The maximum absolute atomic E-state index is 12.6. The van der Waals surface area contributed by atoms with Crippen LogP contribution in [0.5, 0.6) is 0 Å². The quantitative estimate of drug-likeness (QED) is 0.443. The third kappa shape index (κ3) is 2.33. The summed E-state index contributed by atoms with van der Waals surface area (Å²) in [6, 6.07) is -0.945. The van der Waals surface area contributed by atoms with Crippen molar-refractivity contribution in [3.8, 4) is 0 Å². The number of nitrogens with one attached hydrogen (secondary N) is 1. The molecule has 9 nitrogen and oxygen atoms in total. The van der Waals surface area contributed by atoms with Crippen LogP contribution >= 0.6 is 11.8 Å². The highest BCUT2D eigenvalue weighted by molar-refractivity contribution is 7.99. The van der Waals surface area contributed by atoms with Crippen LogP contribution in [0.2, 0.25) is 0 Å². The second-order valence-corrected chi connectivity index (χ2v) is 6.35. The molecule has 132 valence electrons. The van der Waals surface area contributed by atoms with Crippen LogP contribution in [-0.2, 0) is 19.1 Å². The Labute approximate surface area is 142 Å². The maximum atomic E-state index is 12.6. The number of carbonyl (C=O) groups excluding carboxylic acids is 3. The molecule has 0 aromatic heterocycles. The Morgan fingerprint density at radius 2 is 2.17 bits per heavy atom. The zero-order valence-corrected chi connectivity index (χ0v) is 14.1. The van der Waals surface area contributed by atoms with Gasteiger partial charge in [-0.15, -0.1) is 0 Å². The number of thioether (sulfide) groups is 1. The maximum Gasteiger partial charge on any atom is 0.337 e. The van der Waals surface area contributed by atoms with E-state index in [4.69, 9.17) is 15.2 Å². The molecule has 2 unspecified atom stereocenters. The summed E-state index contributed by atoms with van der Waals surface area (Å²) in [5, 5.41) is 12.2. The van der Waals surface area contributed by atoms with Gasteiger partial charge in [-0.25, -0.2) is 15.0 Å². The van der Waals surface area contributed by atoms with Gasteiger partial charge in [0.1, 0.15) is 6.61 Å². The number of nitrogens with two attached hydrogens (primary N) is 1. The Morgan fingerprint density at radius 3 is 2.71 bits per heavy atom. The minimum Gasteiger partial charge on any atom is -0.468 e. The molecule has 24 heavy (non-hydrogen) atoms. The Balaban J connectivity index is 2.62. The molecule has 0 spiro atoms. The summed E-state index contributed by atoms with van der Waals surface area (Å²) in [4.78, 5) is 36.4. The van der Waals surface area contributed by atoms with E-state index in [9.17, 15) is 19.5 Å². The number of esters is 2. The van der Waals surface area contributed by atoms with Crippen LogP contribution in [0.3, 0.4) is 0 Å². The smallest absolute Gasteiger partial charge is 0.337 e. The number of fused-ring (bicyclic) bond motifs is 1. The number of ether oxygens (including phenoxy) is 2. The van der Waals surface area contributed by atoms with Crippen LogP contribution in [0, 0.1) is 5.41 Å². The van der Waals surface area contributed by atoms with Crippen molar-refractivity contribution in [1.29, 1.82) is 0 Å². The van der Waals surface area contributed by atoms with Gasteiger partial charge in [-0.3, -0.25) is 9.80 Å². The van der Waals surface area contributed by atoms with Crippen LogP contribution in [0.4, 0.5) is 4.79 Å². The van der Waals surface area contributed by atoms with Gasteiger partial charge >= 0.3 is 18.0 Å². The normalized spacial score (nSPS) is 28.4. The van der Waals surface area contributed by atoms with Crippen LogP contribution in [0.15, 0.2) is 23.9 Å². The molecule has 0 aromatic carbocycles. The van der Waals surface area contributed by atoms with E-state index in [0.29, 0.717) is 0 Å². The highest BCUT2D eigenvalue weighted by atomic mass is 32.2. The molecule has 0 saturated carbocycles. The lowest BCUT2D eigenvalue weighted by atomic mass is 9.75. The van der Waals surface area contributed by atoms with Crippen molar-refractivity contribution in [2.24, 2.45) is 11.1 Å². The van der Waals surface area contributed by atoms with Crippen LogP contribution in [0.25, 0.3) is 0 Å². The fourth-order valence-electron chi connectivity index (χ4n) is 3.12. The molecule has 2 amide bonds. The number of rotatable bonds is 5. The Hall–Kier alpha value is -2.20. The lowest BCUT2D eigenvalue weighted by molar-refractivity contribution is -0.180.